The number of ether oxygens (including phenoxy) is 1. The van der Waals surface area contributed by atoms with Crippen molar-refractivity contribution in [2.24, 2.45) is 5.92 Å². The van der Waals surface area contributed by atoms with E-state index in [9.17, 15) is 0 Å². The predicted octanol–water partition coefficient (Wildman–Crippen LogP) is 3.47. The molecule has 0 radical (unpaired) electrons. The Morgan fingerprint density at radius 3 is 2.29 bits per heavy atom. The highest BCUT2D eigenvalue weighted by Gasteiger charge is 2.28. The SMILES string of the molecule is CCOC(c1nc(C)c(CNC)c(C)n1)C1CCCCC1. The first-order chi connectivity index (χ1) is 10.2. The second-order valence-electron chi connectivity index (χ2n) is 6.04. The van der Waals surface area contributed by atoms with Crippen molar-refractivity contribution in [3.63, 3.8) is 0 Å². The topological polar surface area (TPSA) is 47.0 Å². The van der Waals surface area contributed by atoms with Gasteiger partial charge in [-0.25, -0.2) is 9.97 Å². The standard InChI is InChI=1S/C17H29N3O/c1-5-21-16(14-9-7-6-8-10-14)17-19-12(2)15(11-18-4)13(3)20-17/h14,16,18H,5-11H2,1-4H3. The van der Waals surface area contributed by atoms with Crippen LogP contribution in [0.5, 0.6) is 0 Å². The molecule has 2 rings (SSSR count). The second-order valence-corrected chi connectivity index (χ2v) is 6.04. The predicted molar refractivity (Wildman–Crippen MR) is 85.2 cm³/mol. The molecular weight excluding hydrogens is 262 g/mol. The highest BCUT2D eigenvalue weighted by molar-refractivity contribution is 5.24. The van der Waals surface area contributed by atoms with Crippen LogP contribution in [0.1, 0.15) is 67.9 Å². The first-order valence-electron chi connectivity index (χ1n) is 8.27. The first-order valence-corrected chi connectivity index (χ1v) is 8.27. The average molecular weight is 291 g/mol. The smallest absolute Gasteiger partial charge is 0.157 e. The largest absolute Gasteiger partial charge is 0.370 e. The molecule has 1 unspecified atom stereocenters. The molecule has 1 aromatic rings. The van der Waals surface area contributed by atoms with Gasteiger partial charge in [-0.1, -0.05) is 19.3 Å². The van der Waals surface area contributed by atoms with Gasteiger partial charge in [0.2, 0.25) is 0 Å². The fourth-order valence-electron chi connectivity index (χ4n) is 3.36. The van der Waals surface area contributed by atoms with Crippen molar-refractivity contribution in [3.8, 4) is 0 Å². The summed E-state index contributed by atoms with van der Waals surface area (Å²) in [4.78, 5) is 9.54. The van der Waals surface area contributed by atoms with Crippen molar-refractivity contribution in [3.05, 3.63) is 22.8 Å². The van der Waals surface area contributed by atoms with Crippen molar-refractivity contribution < 1.29 is 4.74 Å². The summed E-state index contributed by atoms with van der Waals surface area (Å²) < 4.78 is 6.04. The molecule has 1 aromatic heterocycles. The van der Waals surface area contributed by atoms with E-state index in [0.717, 1.165) is 30.4 Å². The molecule has 0 amide bonds. The van der Waals surface area contributed by atoms with Gasteiger partial charge in [0.1, 0.15) is 6.10 Å². The number of nitrogens with one attached hydrogen (secondary N) is 1. The monoisotopic (exact) mass is 291 g/mol. The number of hydrogen-bond acceptors (Lipinski definition) is 4. The zero-order valence-electron chi connectivity index (χ0n) is 13.9. The summed E-state index contributed by atoms with van der Waals surface area (Å²) in [6, 6.07) is 0. The van der Waals surface area contributed by atoms with E-state index in [-0.39, 0.29) is 6.10 Å². The molecule has 4 nitrogen and oxygen atoms in total. The van der Waals surface area contributed by atoms with Gasteiger partial charge in [0, 0.05) is 30.1 Å². The Bertz CT molecular complexity index is 432. The minimum absolute atomic E-state index is 0.0661. The van der Waals surface area contributed by atoms with Crippen LogP contribution < -0.4 is 5.32 Å². The third-order valence-corrected chi connectivity index (χ3v) is 4.47. The van der Waals surface area contributed by atoms with Crippen molar-refractivity contribution in [1.82, 2.24) is 15.3 Å². The maximum Gasteiger partial charge on any atom is 0.157 e. The third kappa shape index (κ3) is 4.01. The lowest BCUT2D eigenvalue weighted by Gasteiger charge is -2.29. The quantitative estimate of drug-likeness (QED) is 0.872. The van der Waals surface area contributed by atoms with Crippen LogP contribution in [-0.2, 0) is 11.3 Å². The Morgan fingerprint density at radius 2 is 1.76 bits per heavy atom. The van der Waals surface area contributed by atoms with Crippen LogP contribution in [0.15, 0.2) is 0 Å². The fourth-order valence-corrected chi connectivity index (χ4v) is 3.36. The minimum atomic E-state index is 0.0661. The molecule has 0 spiro atoms. The lowest BCUT2D eigenvalue weighted by atomic mass is 9.84. The maximum atomic E-state index is 6.04. The molecule has 1 aliphatic carbocycles. The summed E-state index contributed by atoms with van der Waals surface area (Å²) in [7, 11) is 1.96. The van der Waals surface area contributed by atoms with E-state index in [0.29, 0.717) is 5.92 Å². The van der Waals surface area contributed by atoms with Gasteiger partial charge < -0.3 is 10.1 Å². The third-order valence-electron chi connectivity index (χ3n) is 4.47. The van der Waals surface area contributed by atoms with Crippen LogP contribution in [0.25, 0.3) is 0 Å². The Balaban J connectivity index is 2.27. The summed E-state index contributed by atoms with van der Waals surface area (Å²) in [6.45, 7) is 7.76. The van der Waals surface area contributed by atoms with Crippen molar-refractivity contribution in [2.75, 3.05) is 13.7 Å². The lowest BCUT2D eigenvalue weighted by molar-refractivity contribution is -0.000423. The summed E-state index contributed by atoms with van der Waals surface area (Å²) in [5.41, 5.74) is 3.36. The normalized spacial score (nSPS) is 17.9. The molecule has 0 saturated heterocycles. The lowest BCUT2D eigenvalue weighted by Crippen LogP contribution is -2.23. The van der Waals surface area contributed by atoms with Crippen molar-refractivity contribution >= 4 is 0 Å². The number of nitrogens with zero attached hydrogens (tertiary/aromatic N) is 2. The van der Waals surface area contributed by atoms with Crippen LogP contribution in [0, 0.1) is 19.8 Å². The average Bonchev–Trinajstić information content (AvgIpc) is 2.49. The molecule has 0 bridgehead atoms. The first kappa shape index (κ1) is 16.4. The molecule has 21 heavy (non-hydrogen) atoms. The summed E-state index contributed by atoms with van der Waals surface area (Å²) in [5.74, 6) is 1.46. The maximum absolute atomic E-state index is 6.04. The molecular formula is C17H29N3O. The van der Waals surface area contributed by atoms with E-state index in [4.69, 9.17) is 14.7 Å². The van der Waals surface area contributed by atoms with Crippen LogP contribution in [0.2, 0.25) is 0 Å². The van der Waals surface area contributed by atoms with E-state index in [2.05, 4.69) is 26.1 Å². The second kappa shape index (κ2) is 7.85. The van der Waals surface area contributed by atoms with Crippen LogP contribution in [-0.4, -0.2) is 23.6 Å². The number of hydrogen-bond donors (Lipinski definition) is 1. The van der Waals surface area contributed by atoms with E-state index in [1.807, 2.05) is 7.05 Å². The van der Waals surface area contributed by atoms with Crippen LogP contribution in [0.3, 0.4) is 0 Å². The molecule has 1 N–H and O–H groups in total. The molecule has 4 heteroatoms. The summed E-state index contributed by atoms with van der Waals surface area (Å²) in [6.07, 6.45) is 6.52. The molecule has 1 fully saturated rings. The van der Waals surface area contributed by atoms with Gasteiger partial charge in [0.15, 0.2) is 5.82 Å². The van der Waals surface area contributed by atoms with Crippen molar-refractivity contribution in [1.29, 1.82) is 0 Å². The molecule has 0 aromatic carbocycles. The zero-order valence-corrected chi connectivity index (χ0v) is 13.9. The van der Waals surface area contributed by atoms with E-state index in [1.54, 1.807) is 0 Å². The van der Waals surface area contributed by atoms with Gasteiger partial charge in [-0.05, 0) is 46.6 Å². The molecule has 1 heterocycles. The van der Waals surface area contributed by atoms with Crippen molar-refractivity contribution in [2.45, 2.75) is 65.5 Å². The van der Waals surface area contributed by atoms with E-state index in [1.165, 1.54) is 37.7 Å². The summed E-state index contributed by atoms with van der Waals surface area (Å²) in [5, 5.41) is 3.19. The molecule has 0 aliphatic heterocycles. The minimum Gasteiger partial charge on any atom is -0.370 e. The Hall–Kier alpha value is -1.00. The molecule has 1 atom stereocenters. The van der Waals surface area contributed by atoms with Gasteiger partial charge in [0.25, 0.3) is 0 Å². The number of aryl methyl sites for hydroxylation is 2. The Morgan fingerprint density at radius 1 is 1.14 bits per heavy atom. The fraction of sp³-hybridized carbons (Fsp3) is 0.765. The van der Waals surface area contributed by atoms with Gasteiger partial charge in [-0.2, -0.15) is 0 Å². The van der Waals surface area contributed by atoms with E-state index < -0.39 is 0 Å². The van der Waals surface area contributed by atoms with Gasteiger partial charge >= 0.3 is 0 Å². The van der Waals surface area contributed by atoms with Gasteiger partial charge in [-0.15, -0.1) is 0 Å². The number of aromatic nitrogens is 2. The zero-order chi connectivity index (χ0) is 15.2. The Labute approximate surface area is 128 Å². The number of rotatable bonds is 6. The molecule has 118 valence electrons. The van der Waals surface area contributed by atoms with Crippen LogP contribution in [0.4, 0.5) is 0 Å². The van der Waals surface area contributed by atoms with Crippen LogP contribution >= 0.6 is 0 Å². The highest BCUT2D eigenvalue weighted by atomic mass is 16.5. The van der Waals surface area contributed by atoms with Gasteiger partial charge in [-0.3, -0.25) is 0 Å². The summed E-state index contributed by atoms with van der Waals surface area (Å²) >= 11 is 0. The van der Waals surface area contributed by atoms with E-state index >= 15 is 0 Å². The molecule has 1 saturated carbocycles. The van der Waals surface area contributed by atoms with Gasteiger partial charge in [0.05, 0.1) is 0 Å². The Kier molecular flexibility index (Phi) is 6.12. The molecule has 1 aliphatic rings. The highest BCUT2D eigenvalue weighted by Crippen LogP contribution is 2.35.